The predicted octanol–water partition coefficient (Wildman–Crippen LogP) is 15.8. The number of halogens is 3. The smallest absolute Gasteiger partial charge is 0.488 e. The van der Waals surface area contributed by atoms with E-state index in [-0.39, 0.29) is 30.4 Å². The topological polar surface area (TPSA) is 225 Å². The number of fused-ring (bicyclic) bond motifs is 2. The van der Waals surface area contributed by atoms with Crippen molar-refractivity contribution in [1.82, 2.24) is 0 Å². The van der Waals surface area contributed by atoms with Crippen LogP contribution in [0.4, 0.5) is 20.2 Å². The second-order valence-electron chi connectivity index (χ2n) is 26.2. The average Bonchev–Trinajstić information content (AvgIpc) is 0.769. The standard InChI is InChI=1S/C40H42FNO7.C32H35BrFNO5.C8H9BO4/c1-40(24-38(43)42-29-9-6-11-30(21-29)45-2)18-7-8-28-20-36(48-25-32-10-4-5-19-47-32)37(23-34(28)40)49-31-16-17-33(35(41)22-31)26-12-14-27(15-13-26)39(44)46-3;1-32(19-31(36)35-22-8-5-10-23(16-22)37-2)13-6-7-21-15-29(39-20-25-9-3-4-14-38-25)30(18-26(21)32)40-24-11-12-27(33)28(34)17-24;1-13-8(10)6-2-4-7(5-3-6)9(11)12/h6,9,11-17,20-23,32H,4-5,7-8,10,18-19,24-25H2,1-3H3,(H,42,43);5,8,10-12,15-18,25H,3-4,6-7,9,13-14,19-20H2,1-2H3,(H,35,36);2-5,11-12H,1H3/t32?,40-;25?,32-;/m11./s1. The van der Waals surface area contributed by atoms with Crippen LogP contribution in [0, 0.1) is 11.6 Å². The van der Waals surface area contributed by atoms with Gasteiger partial charge in [0.25, 0.3) is 0 Å². The van der Waals surface area contributed by atoms with Gasteiger partial charge in [-0.25, -0.2) is 18.4 Å². The van der Waals surface area contributed by atoms with E-state index in [9.17, 15) is 23.6 Å². The van der Waals surface area contributed by atoms with Gasteiger partial charge in [0.15, 0.2) is 23.0 Å². The first-order valence-corrected chi connectivity index (χ1v) is 35.1. The Morgan fingerprint density at radius 2 is 0.990 bits per heavy atom. The van der Waals surface area contributed by atoms with Crippen LogP contribution < -0.4 is 44.5 Å². The number of ether oxygens (including phenoxy) is 10. The molecular formula is C80H86BBrF2N2O16. The summed E-state index contributed by atoms with van der Waals surface area (Å²) in [6, 6.07) is 44.4. The molecule has 2 unspecified atom stereocenters. The van der Waals surface area contributed by atoms with Gasteiger partial charge in [0.05, 0.1) is 56.2 Å². The number of methoxy groups -OCH3 is 4. The van der Waals surface area contributed by atoms with Crippen molar-refractivity contribution in [3.8, 4) is 57.1 Å². The van der Waals surface area contributed by atoms with E-state index >= 15 is 4.39 Å². The van der Waals surface area contributed by atoms with Crippen LogP contribution in [0.1, 0.15) is 134 Å². The number of rotatable bonds is 22. The summed E-state index contributed by atoms with van der Waals surface area (Å²) in [6.45, 7) is 6.49. The molecule has 0 aromatic heterocycles. The van der Waals surface area contributed by atoms with Gasteiger partial charge in [0, 0.05) is 78.1 Å². The molecule has 536 valence electrons. The van der Waals surface area contributed by atoms with Crippen molar-refractivity contribution in [3.05, 3.63) is 207 Å². The maximum atomic E-state index is 15.6. The number of carbonyl (C=O) groups is 4. The predicted molar refractivity (Wildman–Crippen MR) is 389 cm³/mol. The minimum absolute atomic E-state index is 0.00879. The summed E-state index contributed by atoms with van der Waals surface area (Å²) < 4.78 is 87.1. The summed E-state index contributed by atoms with van der Waals surface area (Å²) in [5.74, 6) is 2.17. The van der Waals surface area contributed by atoms with E-state index in [0.29, 0.717) is 109 Å². The molecule has 0 radical (unpaired) electrons. The van der Waals surface area contributed by atoms with Gasteiger partial charge in [-0.2, -0.15) is 0 Å². The third-order valence-electron chi connectivity index (χ3n) is 18.7. The molecule has 12 rings (SSSR count). The van der Waals surface area contributed by atoms with Crippen molar-refractivity contribution < 1.29 is 85.4 Å². The number of benzene rings is 8. The summed E-state index contributed by atoms with van der Waals surface area (Å²) >= 11 is 3.20. The molecule has 8 aromatic carbocycles. The molecule has 0 spiro atoms. The molecule has 4 N–H and O–H groups in total. The van der Waals surface area contributed by atoms with Crippen molar-refractivity contribution in [3.63, 3.8) is 0 Å². The van der Waals surface area contributed by atoms with E-state index in [1.807, 2.05) is 60.7 Å². The van der Waals surface area contributed by atoms with Crippen molar-refractivity contribution in [2.24, 2.45) is 0 Å². The molecule has 2 heterocycles. The first-order valence-electron chi connectivity index (χ1n) is 34.3. The Balaban J connectivity index is 0.000000189. The molecule has 4 aliphatic rings. The molecule has 0 saturated carbocycles. The Hall–Kier alpha value is -9.32. The molecule has 22 heteroatoms. The first-order chi connectivity index (χ1) is 49.2. The Morgan fingerprint density at radius 1 is 0.529 bits per heavy atom. The van der Waals surface area contributed by atoms with Crippen LogP contribution in [0.3, 0.4) is 0 Å². The summed E-state index contributed by atoms with van der Waals surface area (Å²) in [7, 11) is 4.29. The quantitative estimate of drug-likeness (QED) is 0.0366. The maximum Gasteiger partial charge on any atom is 0.488 e. The third kappa shape index (κ3) is 20.1. The van der Waals surface area contributed by atoms with Crippen LogP contribution in [-0.4, -0.2) is 108 Å². The zero-order valence-electron chi connectivity index (χ0n) is 58.2. The van der Waals surface area contributed by atoms with Gasteiger partial charge >= 0.3 is 19.1 Å². The van der Waals surface area contributed by atoms with Gasteiger partial charge in [0.1, 0.15) is 47.8 Å². The van der Waals surface area contributed by atoms with E-state index in [0.717, 1.165) is 113 Å². The molecule has 2 saturated heterocycles. The highest BCUT2D eigenvalue weighted by Gasteiger charge is 2.38. The van der Waals surface area contributed by atoms with Crippen molar-refractivity contribution in [1.29, 1.82) is 0 Å². The number of carbonyl (C=O) groups excluding carboxylic acids is 4. The van der Waals surface area contributed by atoms with E-state index < -0.39 is 41.5 Å². The second kappa shape index (κ2) is 35.5. The van der Waals surface area contributed by atoms with E-state index in [1.54, 1.807) is 74.9 Å². The molecule has 2 amide bonds. The second-order valence-corrected chi connectivity index (χ2v) is 27.1. The Labute approximate surface area is 602 Å². The fourth-order valence-corrected chi connectivity index (χ4v) is 13.5. The summed E-state index contributed by atoms with van der Waals surface area (Å²) in [4.78, 5) is 49.4. The molecule has 4 atom stereocenters. The van der Waals surface area contributed by atoms with Gasteiger partial charge in [-0.1, -0.05) is 50.2 Å². The van der Waals surface area contributed by atoms with Crippen LogP contribution in [-0.2, 0) is 52.2 Å². The molecule has 0 bridgehead atoms. The van der Waals surface area contributed by atoms with Crippen LogP contribution in [0.2, 0.25) is 0 Å². The minimum atomic E-state index is -1.51. The van der Waals surface area contributed by atoms with Gasteiger partial charge in [-0.15, -0.1) is 0 Å². The van der Waals surface area contributed by atoms with Gasteiger partial charge < -0.3 is 68.1 Å². The van der Waals surface area contributed by atoms with Crippen LogP contribution >= 0.6 is 15.9 Å². The number of nitrogens with one attached hydrogen (secondary N) is 2. The number of esters is 2. The van der Waals surface area contributed by atoms with Crippen LogP contribution in [0.15, 0.2) is 162 Å². The van der Waals surface area contributed by atoms with Crippen molar-refractivity contribution in [2.45, 2.75) is 127 Å². The number of anilines is 2. The van der Waals surface area contributed by atoms with Crippen LogP contribution in [0.5, 0.6) is 46.0 Å². The molecule has 8 aromatic rings. The zero-order chi connectivity index (χ0) is 72.3. The fourth-order valence-electron chi connectivity index (χ4n) is 13.3. The lowest BCUT2D eigenvalue weighted by Gasteiger charge is -2.36. The van der Waals surface area contributed by atoms with Gasteiger partial charge in [0.2, 0.25) is 11.8 Å². The van der Waals surface area contributed by atoms with Crippen molar-refractivity contribution in [2.75, 3.05) is 65.5 Å². The van der Waals surface area contributed by atoms with Crippen LogP contribution in [0.25, 0.3) is 11.1 Å². The maximum absolute atomic E-state index is 15.6. The number of amides is 2. The van der Waals surface area contributed by atoms with Gasteiger partial charge in [-0.05, 0) is 223 Å². The normalized spacial score (nSPS) is 18.1. The highest BCUT2D eigenvalue weighted by molar-refractivity contribution is 9.10. The largest absolute Gasteiger partial charge is 0.497 e. The minimum Gasteiger partial charge on any atom is -0.497 e. The fraction of sp³-hybridized carbons (Fsp3) is 0.350. The Kier molecular flexibility index (Phi) is 26.2. The molecule has 2 aliphatic heterocycles. The Bertz CT molecular complexity index is 4210. The van der Waals surface area contributed by atoms with Gasteiger partial charge in [-0.3, -0.25) is 9.59 Å². The Morgan fingerprint density at radius 3 is 1.41 bits per heavy atom. The molecular weight excluding hydrogens is 1370 g/mol. The lowest BCUT2D eigenvalue weighted by atomic mass is 9.69. The molecule has 18 nitrogen and oxygen atoms in total. The lowest BCUT2D eigenvalue weighted by Crippen LogP contribution is -2.32. The zero-order valence-corrected chi connectivity index (χ0v) is 59.8. The highest BCUT2D eigenvalue weighted by Crippen LogP contribution is 2.48. The summed E-state index contributed by atoms with van der Waals surface area (Å²) in [5.41, 5.74) is 6.88. The lowest BCUT2D eigenvalue weighted by molar-refractivity contribution is -0.118. The highest BCUT2D eigenvalue weighted by atomic mass is 79.9. The summed E-state index contributed by atoms with van der Waals surface area (Å²) in [5, 5.41) is 23.5. The van der Waals surface area contributed by atoms with Crippen molar-refractivity contribution >= 4 is 63.6 Å². The van der Waals surface area contributed by atoms with E-state index in [1.165, 1.54) is 50.6 Å². The van der Waals surface area contributed by atoms with E-state index in [4.69, 9.17) is 52.7 Å². The monoisotopic (exact) mass is 1460 g/mol. The molecule has 2 fully saturated rings. The number of hydrogen-bond acceptors (Lipinski definition) is 16. The molecule has 2 aliphatic carbocycles. The number of hydrogen-bond donors (Lipinski definition) is 4. The first kappa shape index (κ1) is 75.4. The molecule has 102 heavy (non-hydrogen) atoms. The SMILES string of the molecule is COC(=O)c1ccc(-c2ccc(Oc3cc4c(cc3OCC3CCCCO3)CCC[C@]4(C)CC(=O)Nc3cccc(OC)c3)cc2F)cc1.COC(=O)c1ccc(B(O)O)cc1.COc1cccc(NC(=O)C[C@@]2(C)CCCc3cc(OCC4CCCCO4)c(Oc4ccc(Br)c(F)c4)cc32)c1. The van der Waals surface area contributed by atoms with E-state index in [2.05, 4.69) is 45.1 Å². The summed E-state index contributed by atoms with van der Waals surface area (Å²) in [6.07, 6.45) is 12.1. The third-order valence-corrected chi connectivity index (χ3v) is 19.4. The number of aryl methyl sites for hydroxylation is 2. The average molecular weight is 1460 g/mol.